The summed E-state index contributed by atoms with van der Waals surface area (Å²) < 4.78 is 0. The molecule has 0 saturated carbocycles. The van der Waals surface area contributed by atoms with Crippen LogP contribution in [0.25, 0.3) is 0 Å². The van der Waals surface area contributed by atoms with Crippen molar-refractivity contribution < 1.29 is 4.79 Å². The SMILES string of the molecule is C=C(CCC)C(/C=C/C(/C=C\CC(=O)NCc1cncs1)=N/CC)=C(/C=C\C)CCCN(CC)CCC. The highest BCUT2D eigenvalue weighted by Gasteiger charge is 2.08. The summed E-state index contributed by atoms with van der Waals surface area (Å²) in [4.78, 5) is 24.5. The molecule has 37 heavy (non-hydrogen) atoms. The Hall–Kier alpha value is -2.57. The van der Waals surface area contributed by atoms with E-state index in [2.05, 4.69) is 78.8 Å². The van der Waals surface area contributed by atoms with Crippen molar-refractivity contribution in [2.75, 3.05) is 26.2 Å². The Balaban J connectivity index is 2.98. The average Bonchev–Trinajstić information content (AvgIpc) is 3.41. The lowest BCUT2D eigenvalue weighted by atomic mass is 9.93. The van der Waals surface area contributed by atoms with Crippen molar-refractivity contribution in [2.45, 2.75) is 79.7 Å². The molecule has 0 radical (unpaired) electrons. The standard InChI is InChI=1S/C31H48N4OS/c1-7-14-26(6)30(27(15-8-2)16-13-22-35(11-5)21-9-3)20-19-28(33-10-4)17-12-18-31(36)34-24-29-23-32-25-37-29/h8,12,15,17,19-20,23,25H,6-7,9-11,13-14,16,18,21-22,24H2,1-5H3,(H,34,36)/b15-8-,17-12-,20-19+,30-27-,33-28+. The van der Waals surface area contributed by atoms with Gasteiger partial charge in [0.1, 0.15) is 0 Å². The van der Waals surface area contributed by atoms with Crippen LogP contribution in [0.5, 0.6) is 0 Å². The van der Waals surface area contributed by atoms with E-state index in [1.54, 1.807) is 11.7 Å². The lowest BCUT2D eigenvalue weighted by molar-refractivity contribution is -0.120. The van der Waals surface area contributed by atoms with Crippen LogP contribution in [-0.2, 0) is 11.3 Å². The van der Waals surface area contributed by atoms with Crippen LogP contribution >= 0.6 is 11.3 Å². The van der Waals surface area contributed by atoms with Gasteiger partial charge < -0.3 is 10.2 Å². The van der Waals surface area contributed by atoms with Gasteiger partial charge in [-0.25, -0.2) is 0 Å². The van der Waals surface area contributed by atoms with Crippen LogP contribution in [-0.4, -0.2) is 47.7 Å². The van der Waals surface area contributed by atoms with Gasteiger partial charge in [0.25, 0.3) is 0 Å². The molecule has 1 aromatic rings. The van der Waals surface area contributed by atoms with Gasteiger partial charge >= 0.3 is 0 Å². The van der Waals surface area contributed by atoms with E-state index < -0.39 is 0 Å². The average molecular weight is 525 g/mol. The molecule has 5 nitrogen and oxygen atoms in total. The molecule has 1 aromatic heterocycles. The minimum absolute atomic E-state index is 0.0130. The summed E-state index contributed by atoms with van der Waals surface area (Å²) in [6, 6.07) is 0. The summed E-state index contributed by atoms with van der Waals surface area (Å²) in [5.74, 6) is -0.0130. The van der Waals surface area contributed by atoms with Gasteiger partial charge in [-0.1, -0.05) is 58.1 Å². The van der Waals surface area contributed by atoms with Gasteiger partial charge in [0, 0.05) is 24.0 Å². The van der Waals surface area contributed by atoms with E-state index in [0.717, 1.165) is 61.5 Å². The number of amides is 1. The molecule has 0 aliphatic carbocycles. The van der Waals surface area contributed by atoms with Crippen LogP contribution in [0.4, 0.5) is 0 Å². The van der Waals surface area contributed by atoms with Gasteiger partial charge in [0.05, 0.1) is 17.8 Å². The molecule has 0 unspecified atom stereocenters. The highest BCUT2D eigenvalue weighted by molar-refractivity contribution is 7.09. The van der Waals surface area contributed by atoms with Crippen molar-refractivity contribution in [3.05, 3.63) is 76.3 Å². The number of hydrogen-bond acceptors (Lipinski definition) is 5. The van der Waals surface area contributed by atoms with Crippen molar-refractivity contribution in [3.8, 4) is 0 Å². The molecule has 0 aromatic carbocycles. The second-order valence-electron chi connectivity index (χ2n) is 8.91. The maximum absolute atomic E-state index is 12.2. The van der Waals surface area contributed by atoms with Gasteiger partial charge in [-0.15, -0.1) is 11.3 Å². The molecular formula is C31H48N4OS. The Morgan fingerprint density at radius 3 is 2.54 bits per heavy atom. The molecule has 0 bridgehead atoms. The first-order valence-electron chi connectivity index (χ1n) is 13.8. The molecule has 0 spiro atoms. The van der Waals surface area contributed by atoms with E-state index >= 15 is 0 Å². The van der Waals surface area contributed by atoms with Crippen molar-refractivity contribution in [2.24, 2.45) is 4.99 Å². The van der Waals surface area contributed by atoms with Crippen LogP contribution in [0.2, 0.25) is 0 Å². The Morgan fingerprint density at radius 2 is 1.92 bits per heavy atom. The first kappa shape index (κ1) is 32.5. The third kappa shape index (κ3) is 14.1. The number of aliphatic imine (C=N–C) groups is 1. The third-order valence-electron chi connectivity index (χ3n) is 5.85. The number of nitrogens with one attached hydrogen (secondary N) is 1. The van der Waals surface area contributed by atoms with Crippen LogP contribution < -0.4 is 5.32 Å². The Kier molecular flexibility index (Phi) is 18.0. The molecular weight excluding hydrogens is 476 g/mol. The molecule has 1 amide bonds. The number of allylic oxidation sites excluding steroid dienone is 8. The second-order valence-corrected chi connectivity index (χ2v) is 9.88. The zero-order valence-electron chi connectivity index (χ0n) is 23.8. The van der Waals surface area contributed by atoms with Crippen LogP contribution in [0, 0.1) is 0 Å². The summed E-state index contributed by atoms with van der Waals surface area (Å²) in [6.45, 7) is 19.8. The molecule has 1 N–H and O–H groups in total. The number of thiazole rings is 1. The number of carbonyl (C=O) groups excluding carboxylic acids is 1. The minimum atomic E-state index is -0.0130. The summed E-state index contributed by atoms with van der Waals surface area (Å²) in [6.07, 6.45) is 19.8. The van der Waals surface area contributed by atoms with Crippen LogP contribution in [0.3, 0.4) is 0 Å². The minimum Gasteiger partial charge on any atom is -0.351 e. The molecule has 1 heterocycles. The maximum Gasteiger partial charge on any atom is 0.224 e. The van der Waals surface area contributed by atoms with E-state index in [9.17, 15) is 4.79 Å². The van der Waals surface area contributed by atoms with Gasteiger partial charge in [-0.2, -0.15) is 0 Å². The first-order chi connectivity index (χ1) is 18.0. The van der Waals surface area contributed by atoms with Gasteiger partial charge in [-0.3, -0.25) is 14.8 Å². The third-order valence-corrected chi connectivity index (χ3v) is 6.63. The monoisotopic (exact) mass is 524 g/mol. The van der Waals surface area contributed by atoms with E-state index in [4.69, 9.17) is 0 Å². The van der Waals surface area contributed by atoms with Crippen LogP contribution in [0.1, 0.15) is 78.0 Å². The highest BCUT2D eigenvalue weighted by Crippen LogP contribution is 2.24. The molecule has 0 atom stereocenters. The summed E-state index contributed by atoms with van der Waals surface area (Å²) in [5, 5.41) is 2.93. The molecule has 204 valence electrons. The summed E-state index contributed by atoms with van der Waals surface area (Å²) in [7, 11) is 0. The van der Waals surface area contributed by atoms with Crippen molar-refractivity contribution in [3.63, 3.8) is 0 Å². The number of nitrogens with zero attached hydrogens (tertiary/aromatic N) is 3. The Morgan fingerprint density at radius 1 is 1.11 bits per heavy atom. The normalized spacial score (nSPS) is 13.3. The maximum atomic E-state index is 12.2. The van der Waals surface area contributed by atoms with E-state index in [1.807, 2.05) is 19.1 Å². The molecule has 0 saturated heterocycles. The van der Waals surface area contributed by atoms with Crippen molar-refractivity contribution in [1.82, 2.24) is 15.2 Å². The Labute approximate surface area is 229 Å². The number of aromatic nitrogens is 1. The van der Waals surface area contributed by atoms with E-state index in [1.165, 1.54) is 28.9 Å². The largest absolute Gasteiger partial charge is 0.351 e. The van der Waals surface area contributed by atoms with Crippen LogP contribution in [0.15, 0.2) is 76.5 Å². The zero-order chi connectivity index (χ0) is 27.3. The van der Waals surface area contributed by atoms with Gasteiger partial charge in [-0.05, 0) is 88.0 Å². The number of rotatable bonds is 19. The van der Waals surface area contributed by atoms with E-state index in [0.29, 0.717) is 19.5 Å². The highest BCUT2D eigenvalue weighted by atomic mass is 32.1. The smallest absolute Gasteiger partial charge is 0.224 e. The van der Waals surface area contributed by atoms with Crippen molar-refractivity contribution in [1.29, 1.82) is 0 Å². The molecule has 6 heteroatoms. The second kappa shape index (κ2) is 20.5. The van der Waals surface area contributed by atoms with E-state index in [-0.39, 0.29) is 5.91 Å². The fourth-order valence-electron chi connectivity index (χ4n) is 4.02. The molecule has 0 aliphatic heterocycles. The number of carbonyl (C=O) groups is 1. The quantitative estimate of drug-likeness (QED) is 0.151. The van der Waals surface area contributed by atoms with Crippen molar-refractivity contribution >= 4 is 23.0 Å². The predicted octanol–water partition coefficient (Wildman–Crippen LogP) is 7.46. The predicted molar refractivity (Wildman–Crippen MR) is 162 cm³/mol. The fourth-order valence-corrected chi connectivity index (χ4v) is 4.56. The first-order valence-corrected chi connectivity index (χ1v) is 14.7. The van der Waals surface area contributed by atoms with Gasteiger partial charge in [0.2, 0.25) is 5.91 Å². The zero-order valence-corrected chi connectivity index (χ0v) is 24.6. The van der Waals surface area contributed by atoms with Gasteiger partial charge in [0.15, 0.2) is 0 Å². The lowest BCUT2D eigenvalue weighted by Gasteiger charge is -2.20. The topological polar surface area (TPSA) is 57.6 Å². The molecule has 0 fully saturated rings. The molecule has 1 rings (SSSR count). The lowest BCUT2D eigenvalue weighted by Crippen LogP contribution is -2.25. The summed E-state index contributed by atoms with van der Waals surface area (Å²) in [5.41, 5.74) is 6.33. The number of hydrogen-bond donors (Lipinski definition) is 1. The fraction of sp³-hybridized carbons (Fsp3) is 0.516. The molecule has 0 aliphatic rings. The Bertz CT molecular complexity index is 938. The summed E-state index contributed by atoms with van der Waals surface area (Å²) >= 11 is 1.54.